The molecule has 2 heterocycles. The minimum Gasteiger partial charge on any atom is -0.480 e. The number of carbonyl (C=O) groups excluding carboxylic acids is 1. The van der Waals surface area contributed by atoms with Crippen molar-refractivity contribution in [3.05, 3.63) is 35.9 Å². The van der Waals surface area contributed by atoms with Crippen LogP contribution in [0.3, 0.4) is 0 Å². The summed E-state index contributed by atoms with van der Waals surface area (Å²) in [5.41, 5.74) is 1.22. The Labute approximate surface area is 163 Å². The van der Waals surface area contributed by atoms with Crippen molar-refractivity contribution in [2.75, 3.05) is 18.0 Å². The molecule has 2 aliphatic heterocycles. The fourth-order valence-electron chi connectivity index (χ4n) is 4.18. The van der Waals surface area contributed by atoms with E-state index in [4.69, 9.17) is 0 Å². The van der Waals surface area contributed by atoms with E-state index in [0.717, 1.165) is 22.8 Å². The van der Waals surface area contributed by atoms with Crippen LogP contribution in [0.15, 0.2) is 35.2 Å². The molecule has 0 radical (unpaired) electrons. The average Bonchev–Trinajstić information content (AvgIpc) is 3.27. The molecule has 2 aromatic rings. The SMILES string of the molecule is CCCCN1C(=O)c2cccc3c(S(=O)(=O)N4CCC[C@@H]4C(=O)O)ccc1c23. The van der Waals surface area contributed by atoms with Crippen LogP contribution in [0.1, 0.15) is 43.0 Å². The van der Waals surface area contributed by atoms with Gasteiger partial charge in [0.15, 0.2) is 0 Å². The van der Waals surface area contributed by atoms with Gasteiger partial charge in [0.25, 0.3) is 5.91 Å². The molecular weight excluding hydrogens is 380 g/mol. The number of hydrogen-bond acceptors (Lipinski definition) is 4. The van der Waals surface area contributed by atoms with E-state index in [1.807, 2.05) is 6.92 Å². The minimum absolute atomic E-state index is 0.0615. The quantitative estimate of drug-likeness (QED) is 0.802. The van der Waals surface area contributed by atoms with E-state index in [1.54, 1.807) is 29.2 Å². The van der Waals surface area contributed by atoms with Gasteiger partial charge in [-0.15, -0.1) is 0 Å². The molecule has 0 unspecified atom stereocenters. The number of sulfonamides is 1. The van der Waals surface area contributed by atoms with Gasteiger partial charge in [0.2, 0.25) is 10.0 Å². The van der Waals surface area contributed by atoms with Gasteiger partial charge in [-0.2, -0.15) is 4.31 Å². The minimum atomic E-state index is -3.99. The van der Waals surface area contributed by atoms with E-state index in [2.05, 4.69) is 0 Å². The number of unbranched alkanes of at least 4 members (excludes halogenated alkanes) is 1. The fraction of sp³-hybridized carbons (Fsp3) is 0.400. The van der Waals surface area contributed by atoms with Crippen LogP contribution in [0.2, 0.25) is 0 Å². The molecule has 1 atom stereocenters. The zero-order valence-electron chi connectivity index (χ0n) is 15.6. The molecule has 0 bridgehead atoms. The predicted octanol–water partition coefficient (Wildman–Crippen LogP) is 2.84. The van der Waals surface area contributed by atoms with Gasteiger partial charge < -0.3 is 10.0 Å². The molecule has 148 valence electrons. The molecule has 28 heavy (non-hydrogen) atoms. The van der Waals surface area contributed by atoms with Crippen LogP contribution in [0.5, 0.6) is 0 Å². The monoisotopic (exact) mass is 402 g/mol. The van der Waals surface area contributed by atoms with Crippen molar-refractivity contribution in [2.45, 2.75) is 43.5 Å². The molecule has 8 heteroatoms. The first-order valence-corrected chi connectivity index (χ1v) is 10.9. The maximum Gasteiger partial charge on any atom is 0.322 e. The molecule has 0 aliphatic carbocycles. The molecule has 0 saturated carbocycles. The molecular formula is C20H22N2O5S. The molecule has 2 aliphatic rings. The number of anilines is 1. The maximum absolute atomic E-state index is 13.3. The Bertz CT molecular complexity index is 1080. The molecule has 1 fully saturated rings. The maximum atomic E-state index is 13.3. The number of aliphatic carboxylic acids is 1. The van der Waals surface area contributed by atoms with E-state index in [-0.39, 0.29) is 17.3 Å². The zero-order valence-corrected chi connectivity index (χ0v) is 16.4. The number of nitrogens with zero attached hydrogens (tertiary/aromatic N) is 2. The summed E-state index contributed by atoms with van der Waals surface area (Å²) in [6.45, 7) is 2.82. The number of carboxylic acids is 1. The highest BCUT2D eigenvalue weighted by Gasteiger charge is 2.41. The van der Waals surface area contributed by atoms with Gasteiger partial charge in [-0.1, -0.05) is 25.5 Å². The van der Waals surface area contributed by atoms with Crippen molar-refractivity contribution in [1.82, 2.24) is 4.31 Å². The number of benzene rings is 2. The third-order valence-corrected chi connectivity index (χ3v) is 7.52. The van der Waals surface area contributed by atoms with Crippen molar-refractivity contribution in [3.8, 4) is 0 Å². The largest absolute Gasteiger partial charge is 0.480 e. The number of amides is 1. The van der Waals surface area contributed by atoms with E-state index < -0.39 is 22.0 Å². The lowest BCUT2D eigenvalue weighted by Gasteiger charge is -2.22. The highest BCUT2D eigenvalue weighted by atomic mass is 32.2. The van der Waals surface area contributed by atoms with E-state index in [0.29, 0.717) is 35.7 Å². The van der Waals surface area contributed by atoms with Crippen LogP contribution >= 0.6 is 0 Å². The van der Waals surface area contributed by atoms with E-state index in [1.165, 1.54) is 6.07 Å². The molecule has 1 amide bonds. The standard InChI is InChI=1S/C20H22N2O5S/c1-2-3-11-21-15-9-10-17(13-6-4-7-14(18(13)15)19(21)23)28(26,27)22-12-5-8-16(22)20(24)25/h4,6-7,9-10,16H,2-3,5,8,11-12H2,1H3,(H,24,25)/t16-/m1/s1. The predicted molar refractivity (Wildman–Crippen MR) is 105 cm³/mol. The second-order valence-corrected chi connectivity index (χ2v) is 9.09. The van der Waals surface area contributed by atoms with Crippen molar-refractivity contribution in [2.24, 2.45) is 0 Å². The first kappa shape index (κ1) is 18.9. The highest BCUT2D eigenvalue weighted by Crippen LogP contribution is 2.41. The summed E-state index contributed by atoms with van der Waals surface area (Å²) in [4.78, 5) is 26.1. The molecule has 1 saturated heterocycles. The highest BCUT2D eigenvalue weighted by molar-refractivity contribution is 7.89. The second-order valence-electron chi connectivity index (χ2n) is 7.23. The third kappa shape index (κ3) is 2.70. The van der Waals surface area contributed by atoms with Crippen molar-refractivity contribution in [1.29, 1.82) is 0 Å². The summed E-state index contributed by atoms with van der Waals surface area (Å²) in [5.74, 6) is -1.25. The summed E-state index contributed by atoms with van der Waals surface area (Å²) in [5, 5.41) is 10.5. The fourth-order valence-corrected chi connectivity index (χ4v) is 6.02. The van der Waals surface area contributed by atoms with Crippen LogP contribution in [0.4, 0.5) is 5.69 Å². The van der Waals surface area contributed by atoms with Gasteiger partial charge >= 0.3 is 5.97 Å². The Morgan fingerprint density at radius 2 is 2.04 bits per heavy atom. The van der Waals surface area contributed by atoms with Crippen LogP contribution < -0.4 is 4.90 Å². The lowest BCUT2D eigenvalue weighted by Crippen LogP contribution is -2.40. The summed E-state index contributed by atoms with van der Waals surface area (Å²) in [6, 6.07) is 7.22. The number of carboxylic acid groups (broad SMARTS) is 1. The summed E-state index contributed by atoms with van der Waals surface area (Å²) >= 11 is 0. The molecule has 2 aromatic carbocycles. The van der Waals surface area contributed by atoms with Crippen LogP contribution in [-0.2, 0) is 14.8 Å². The Morgan fingerprint density at radius 1 is 1.25 bits per heavy atom. The van der Waals surface area contributed by atoms with Gasteiger partial charge in [-0.3, -0.25) is 9.59 Å². The smallest absolute Gasteiger partial charge is 0.322 e. The Kier molecular flexibility index (Phi) is 4.63. The van der Waals surface area contributed by atoms with Crippen molar-refractivity contribution in [3.63, 3.8) is 0 Å². The number of hydrogen-bond donors (Lipinski definition) is 1. The molecule has 4 rings (SSSR count). The van der Waals surface area contributed by atoms with Gasteiger partial charge in [-0.05, 0) is 37.5 Å². The average molecular weight is 402 g/mol. The zero-order chi connectivity index (χ0) is 20.1. The Morgan fingerprint density at radius 3 is 2.75 bits per heavy atom. The second kappa shape index (κ2) is 6.86. The van der Waals surface area contributed by atoms with Crippen LogP contribution in [0.25, 0.3) is 10.8 Å². The summed E-state index contributed by atoms with van der Waals surface area (Å²) < 4.78 is 27.7. The first-order valence-electron chi connectivity index (χ1n) is 9.50. The Balaban J connectivity index is 1.87. The topological polar surface area (TPSA) is 95.0 Å². The van der Waals surface area contributed by atoms with E-state index >= 15 is 0 Å². The van der Waals surface area contributed by atoms with Crippen LogP contribution in [-0.4, -0.2) is 48.8 Å². The molecule has 0 aromatic heterocycles. The first-order chi connectivity index (χ1) is 13.4. The van der Waals surface area contributed by atoms with Gasteiger partial charge in [0, 0.05) is 29.4 Å². The third-order valence-electron chi connectivity index (χ3n) is 5.56. The van der Waals surface area contributed by atoms with Gasteiger partial charge in [0.05, 0.1) is 10.6 Å². The van der Waals surface area contributed by atoms with Crippen molar-refractivity contribution >= 4 is 38.4 Å². The van der Waals surface area contributed by atoms with E-state index in [9.17, 15) is 23.1 Å². The lowest BCUT2D eigenvalue weighted by atomic mass is 10.1. The number of carbonyl (C=O) groups is 2. The van der Waals surface area contributed by atoms with Gasteiger partial charge in [-0.25, -0.2) is 8.42 Å². The van der Waals surface area contributed by atoms with Crippen molar-refractivity contribution < 1.29 is 23.1 Å². The van der Waals surface area contributed by atoms with Gasteiger partial charge in [0.1, 0.15) is 6.04 Å². The Hall–Kier alpha value is -2.45. The molecule has 0 spiro atoms. The van der Waals surface area contributed by atoms with Crippen LogP contribution in [0, 0.1) is 0 Å². The summed E-state index contributed by atoms with van der Waals surface area (Å²) in [7, 11) is -3.99. The molecule has 7 nitrogen and oxygen atoms in total. The normalized spacial score (nSPS) is 19.7. The number of rotatable bonds is 6. The summed E-state index contributed by atoms with van der Waals surface area (Å²) in [6.07, 6.45) is 2.62. The molecule has 1 N–H and O–H groups in total. The lowest BCUT2D eigenvalue weighted by molar-refractivity contribution is -0.140.